The molecule has 1 aromatic rings. The van der Waals surface area contributed by atoms with Crippen LogP contribution in [-0.2, 0) is 4.79 Å². The van der Waals surface area contributed by atoms with Gasteiger partial charge in [0.05, 0.1) is 17.4 Å². The first-order valence-electron chi connectivity index (χ1n) is 8.64. The van der Waals surface area contributed by atoms with Crippen molar-refractivity contribution >= 4 is 17.5 Å². The van der Waals surface area contributed by atoms with Crippen LogP contribution in [0.15, 0.2) is 24.3 Å². The molecule has 2 atom stereocenters. The number of anilines is 1. The maximum Gasteiger partial charge on any atom is 0.253 e. The lowest BCUT2D eigenvalue weighted by Crippen LogP contribution is -2.34. The van der Waals surface area contributed by atoms with Gasteiger partial charge in [-0.15, -0.1) is 0 Å². The summed E-state index contributed by atoms with van der Waals surface area (Å²) in [5.74, 6) is -0.00736. The van der Waals surface area contributed by atoms with E-state index >= 15 is 0 Å². The number of para-hydroxylation sites is 1. The molecule has 1 aromatic carbocycles. The molecule has 1 fully saturated rings. The topological polar surface area (TPSA) is 78.4 Å². The third-order valence-corrected chi connectivity index (χ3v) is 4.41. The van der Waals surface area contributed by atoms with E-state index in [-0.39, 0.29) is 17.9 Å². The normalized spacial score (nSPS) is 21.2. The number of rotatable bonds is 4. The van der Waals surface area contributed by atoms with Crippen molar-refractivity contribution in [3.63, 3.8) is 0 Å². The van der Waals surface area contributed by atoms with E-state index in [1.54, 1.807) is 24.3 Å². The highest BCUT2D eigenvalue weighted by Gasteiger charge is 2.24. The first-order valence-corrected chi connectivity index (χ1v) is 8.64. The third-order valence-electron chi connectivity index (χ3n) is 4.41. The summed E-state index contributed by atoms with van der Waals surface area (Å²) in [4.78, 5) is 24.7. The lowest BCUT2D eigenvalue weighted by atomic mass is 9.87. The molecule has 0 saturated heterocycles. The van der Waals surface area contributed by atoms with Crippen molar-refractivity contribution in [2.24, 2.45) is 11.3 Å². The van der Waals surface area contributed by atoms with E-state index in [0.717, 1.165) is 25.7 Å². The Balaban J connectivity index is 2.00. The van der Waals surface area contributed by atoms with Crippen molar-refractivity contribution in [1.82, 2.24) is 5.32 Å². The van der Waals surface area contributed by atoms with E-state index < -0.39 is 5.41 Å². The zero-order chi connectivity index (χ0) is 17.7. The van der Waals surface area contributed by atoms with E-state index in [1.807, 2.05) is 20.8 Å². The summed E-state index contributed by atoms with van der Waals surface area (Å²) >= 11 is 0. The summed E-state index contributed by atoms with van der Waals surface area (Å²) in [5, 5.41) is 15.5. The molecule has 0 bridgehead atoms. The Morgan fingerprint density at radius 3 is 2.58 bits per heavy atom. The van der Waals surface area contributed by atoms with E-state index in [1.165, 1.54) is 0 Å². The Labute approximate surface area is 143 Å². The fourth-order valence-corrected chi connectivity index (χ4v) is 2.88. The van der Waals surface area contributed by atoms with Gasteiger partial charge in [-0.3, -0.25) is 9.59 Å². The van der Waals surface area contributed by atoms with Gasteiger partial charge in [-0.25, -0.2) is 0 Å². The standard InChI is InChI=1S/C19H28N2O3/c1-19(2,3)18(24)21-16-10-5-4-9-15(16)17(23)20-12-13-7-6-8-14(22)11-13/h4-5,9-10,13-14,22H,6-8,11-12H2,1-3H3,(H,20,23)(H,21,24). The van der Waals surface area contributed by atoms with E-state index in [2.05, 4.69) is 10.6 Å². The van der Waals surface area contributed by atoms with Crippen molar-refractivity contribution in [2.45, 2.75) is 52.6 Å². The molecule has 0 spiro atoms. The zero-order valence-electron chi connectivity index (χ0n) is 14.8. The number of carbonyl (C=O) groups excluding carboxylic acids is 2. The average Bonchev–Trinajstić information content (AvgIpc) is 2.52. The van der Waals surface area contributed by atoms with Crippen LogP contribution >= 0.6 is 0 Å². The van der Waals surface area contributed by atoms with Crippen LogP contribution in [0.5, 0.6) is 0 Å². The maximum atomic E-state index is 12.5. The summed E-state index contributed by atoms with van der Waals surface area (Å²) in [6.45, 7) is 6.05. The number of amides is 2. The summed E-state index contributed by atoms with van der Waals surface area (Å²) < 4.78 is 0. The maximum absolute atomic E-state index is 12.5. The second-order valence-electron chi connectivity index (χ2n) is 7.65. The molecule has 2 unspecified atom stereocenters. The highest BCUT2D eigenvalue weighted by atomic mass is 16.3. The third kappa shape index (κ3) is 5.06. The zero-order valence-corrected chi connectivity index (χ0v) is 14.8. The lowest BCUT2D eigenvalue weighted by molar-refractivity contribution is -0.123. The summed E-state index contributed by atoms with van der Waals surface area (Å²) in [7, 11) is 0. The number of benzene rings is 1. The fourth-order valence-electron chi connectivity index (χ4n) is 2.88. The molecule has 0 aromatic heterocycles. The number of nitrogens with one attached hydrogen (secondary N) is 2. The average molecular weight is 332 g/mol. The van der Waals surface area contributed by atoms with Gasteiger partial charge in [0.2, 0.25) is 5.91 Å². The molecule has 1 aliphatic rings. The Morgan fingerprint density at radius 1 is 1.21 bits per heavy atom. The smallest absolute Gasteiger partial charge is 0.253 e. The van der Waals surface area contributed by atoms with E-state index in [4.69, 9.17) is 0 Å². The molecular formula is C19H28N2O3. The monoisotopic (exact) mass is 332 g/mol. The first kappa shape index (κ1) is 18.5. The van der Waals surface area contributed by atoms with Crippen LogP contribution in [-0.4, -0.2) is 29.6 Å². The quantitative estimate of drug-likeness (QED) is 0.793. The molecule has 0 radical (unpaired) electrons. The highest BCUT2D eigenvalue weighted by molar-refractivity contribution is 6.04. The van der Waals surface area contributed by atoms with Crippen LogP contribution in [0.25, 0.3) is 0 Å². The van der Waals surface area contributed by atoms with Crippen LogP contribution in [0.4, 0.5) is 5.69 Å². The summed E-state index contributed by atoms with van der Waals surface area (Å²) in [5.41, 5.74) is 0.465. The Kier molecular flexibility index (Phi) is 5.99. The highest BCUT2D eigenvalue weighted by Crippen LogP contribution is 2.24. The van der Waals surface area contributed by atoms with E-state index in [9.17, 15) is 14.7 Å². The molecule has 2 rings (SSSR count). The molecule has 1 aliphatic carbocycles. The van der Waals surface area contributed by atoms with Crippen LogP contribution < -0.4 is 10.6 Å². The Hall–Kier alpha value is -1.88. The minimum Gasteiger partial charge on any atom is -0.393 e. The van der Waals surface area contributed by atoms with Gasteiger partial charge < -0.3 is 15.7 Å². The molecule has 2 amide bonds. The Bertz CT molecular complexity index is 593. The number of hydrogen-bond donors (Lipinski definition) is 3. The van der Waals surface area contributed by atoms with Gasteiger partial charge in [0.1, 0.15) is 0 Å². The molecule has 132 valence electrons. The molecular weight excluding hydrogens is 304 g/mol. The van der Waals surface area contributed by atoms with Gasteiger partial charge in [-0.2, -0.15) is 0 Å². The predicted octanol–water partition coefficient (Wildman–Crippen LogP) is 2.95. The molecule has 5 heteroatoms. The minimum atomic E-state index is -0.526. The molecule has 0 heterocycles. The predicted molar refractivity (Wildman–Crippen MR) is 94.8 cm³/mol. The van der Waals surface area contributed by atoms with Gasteiger partial charge in [0.15, 0.2) is 0 Å². The van der Waals surface area contributed by atoms with Crippen LogP contribution in [0.2, 0.25) is 0 Å². The first-order chi connectivity index (χ1) is 11.3. The summed E-state index contributed by atoms with van der Waals surface area (Å²) in [6, 6.07) is 7.03. The number of carbonyl (C=O) groups is 2. The molecule has 24 heavy (non-hydrogen) atoms. The van der Waals surface area contributed by atoms with Crippen molar-refractivity contribution in [3.05, 3.63) is 29.8 Å². The minimum absolute atomic E-state index is 0.127. The van der Waals surface area contributed by atoms with E-state index in [0.29, 0.717) is 23.7 Å². The van der Waals surface area contributed by atoms with Crippen LogP contribution in [0, 0.1) is 11.3 Å². The van der Waals surface area contributed by atoms with Crippen molar-refractivity contribution < 1.29 is 14.7 Å². The van der Waals surface area contributed by atoms with Crippen molar-refractivity contribution in [2.75, 3.05) is 11.9 Å². The van der Waals surface area contributed by atoms with Gasteiger partial charge in [-0.1, -0.05) is 39.3 Å². The van der Waals surface area contributed by atoms with Gasteiger partial charge >= 0.3 is 0 Å². The molecule has 5 nitrogen and oxygen atoms in total. The summed E-state index contributed by atoms with van der Waals surface area (Å²) in [6.07, 6.45) is 3.37. The molecule has 3 N–H and O–H groups in total. The lowest BCUT2D eigenvalue weighted by Gasteiger charge is -2.26. The van der Waals surface area contributed by atoms with Gasteiger partial charge in [0, 0.05) is 12.0 Å². The van der Waals surface area contributed by atoms with Gasteiger partial charge in [0.25, 0.3) is 5.91 Å². The largest absolute Gasteiger partial charge is 0.393 e. The molecule has 0 aliphatic heterocycles. The van der Waals surface area contributed by atoms with Crippen molar-refractivity contribution in [1.29, 1.82) is 0 Å². The Morgan fingerprint density at radius 2 is 1.92 bits per heavy atom. The fraction of sp³-hybridized carbons (Fsp3) is 0.579. The van der Waals surface area contributed by atoms with Crippen LogP contribution in [0.3, 0.4) is 0 Å². The SMILES string of the molecule is CC(C)(C)C(=O)Nc1ccccc1C(=O)NCC1CCCC(O)C1. The second-order valence-corrected chi connectivity index (χ2v) is 7.65. The van der Waals surface area contributed by atoms with Gasteiger partial charge in [-0.05, 0) is 37.3 Å². The van der Waals surface area contributed by atoms with Crippen LogP contribution in [0.1, 0.15) is 56.8 Å². The number of aliphatic hydroxyl groups is 1. The second kappa shape index (κ2) is 7.79. The number of hydrogen-bond acceptors (Lipinski definition) is 3. The number of aliphatic hydroxyl groups excluding tert-OH is 1. The van der Waals surface area contributed by atoms with Crippen molar-refractivity contribution in [3.8, 4) is 0 Å². The molecule has 1 saturated carbocycles.